The second kappa shape index (κ2) is 3.21. The molecule has 1 rings (SSSR count). The highest BCUT2D eigenvalue weighted by Crippen LogP contribution is 2.02. The molecule has 1 heterocycles. The summed E-state index contributed by atoms with van der Waals surface area (Å²) in [4.78, 5) is 13.8. The molecule has 0 spiro atoms. The fraction of sp³-hybridized carbons (Fsp3) is 0.167. The van der Waals surface area contributed by atoms with E-state index in [2.05, 4.69) is 20.9 Å². The number of hydrogen-bond donors (Lipinski definition) is 1. The monoisotopic (exact) mass is 221 g/mol. The largest absolute Gasteiger partial charge is 0.366 e. The molecule has 0 fully saturated rings. The van der Waals surface area contributed by atoms with E-state index in [-0.39, 0.29) is 11.3 Å². The fourth-order valence-electron chi connectivity index (χ4n) is 0.599. The lowest BCUT2D eigenvalue weighted by atomic mass is 10.3. The molecule has 10 heavy (non-hydrogen) atoms. The predicted molar refractivity (Wildman–Crippen MR) is 44.3 cm³/mol. The summed E-state index contributed by atoms with van der Waals surface area (Å²) >= 11 is 8.55. The number of pyridine rings is 1. The first-order valence-corrected chi connectivity index (χ1v) is 4.00. The molecule has 0 atom stereocenters. The van der Waals surface area contributed by atoms with Gasteiger partial charge in [0.1, 0.15) is 0 Å². The first-order valence-electron chi connectivity index (χ1n) is 2.67. The van der Waals surface area contributed by atoms with Crippen LogP contribution in [0.15, 0.2) is 21.7 Å². The van der Waals surface area contributed by atoms with E-state index in [0.717, 1.165) is 0 Å². The number of nitrogens with one attached hydrogen (secondary N) is 1. The summed E-state index contributed by atoms with van der Waals surface area (Å²) in [5.41, 5.74) is 0.532. The third-order valence-electron chi connectivity index (χ3n) is 1.12. The van der Waals surface area contributed by atoms with Crippen molar-refractivity contribution in [1.82, 2.24) is 4.98 Å². The second-order valence-corrected chi connectivity index (χ2v) is 2.91. The Labute approximate surface area is 71.3 Å². The predicted octanol–water partition coefficient (Wildman–Crippen LogP) is 1.88. The van der Waals surface area contributed by atoms with E-state index in [9.17, 15) is 4.79 Å². The zero-order chi connectivity index (χ0) is 7.56. The molecule has 4 heteroatoms. The van der Waals surface area contributed by atoms with Gasteiger partial charge in [-0.05, 0) is 15.9 Å². The molecule has 0 radical (unpaired) electrons. The van der Waals surface area contributed by atoms with Crippen molar-refractivity contribution >= 4 is 27.5 Å². The van der Waals surface area contributed by atoms with Gasteiger partial charge in [0.2, 0.25) is 0 Å². The molecule has 0 saturated carbocycles. The number of alkyl halides is 1. The maximum atomic E-state index is 11.0. The molecule has 1 aromatic rings. The standard InChI is InChI=1S/C6H5BrClNO/c7-5-3-9-2-4(1-8)6(5)10/h2-3H,1H2,(H,9,10). The number of hydrogen-bond acceptors (Lipinski definition) is 1. The normalized spacial score (nSPS) is 9.80. The minimum atomic E-state index is -0.0475. The van der Waals surface area contributed by atoms with Gasteiger partial charge in [-0.25, -0.2) is 0 Å². The number of halogens is 2. The molecular weight excluding hydrogens is 217 g/mol. The lowest BCUT2D eigenvalue weighted by Crippen LogP contribution is -2.07. The highest BCUT2D eigenvalue weighted by molar-refractivity contribution is 9.10. The lowest BCUT2D eigenvalue weighted by Gasteiger charge is -1.92. The fourth-order valence-corrected chi connectivity index (χ4v) is 1.18. The van der Waals surface area contributed by atoms with Gasteiger partial charge in [-0.15, -0.1) is 11.6 Å². The van der Waals surface area contributed by atoms with Gasteiger partial charge in [-0.3, -0.25) is 4.79 Å². The molecule has 0 aliphatic carbocycles. The van der Waals surface area contributed by atoms with E-state index in [1.807, 2.05) is 0 Å². The molecule has 0 bridgehead atoms. The number of aromatic nitrogens is 1. The van der Waals surface area contributed by atoms with Gasteiger partial charge < -0.3 is 4.98 Å². The van der Waals surface area contributed by atoms with Gasteiger partial charge in [-0.1, -0.05) is 0 Å². The van der Waals surface area contributed by atoms with Crippen molar-refractivity contribution in [2.45, 2.75) is 5.88 Å². The quantitative estimate of drug-likeness (QED) is 0.723. The minimum Gasteiger partial charge on any atom is -0.366 e. The Morgan fingerprint density at radius 2 is 2.30 bits per heavy atom. The van der Waals surface area contributed by atoms with Crippen LogP contribution in [0.25, 0.3) is 0 Å². The lowest BCUT2D eigenvalue weighted by molar-refractivity contribution is 1.19. The van der Waals surface area contributed by atoms with Gasteiger partial charge in [0.15, 0.2) is 5.43 Å². The van der Waals surface area contributed by atoms with Crippen molar-refractivity contribution in [3.63, 3.8) is 0 Å². The molecular formula is C6H5BrClNO. The second-order valence-electron chi connectivity index (χ2n) is 1.79. The van der Waals surface area contributed by atoms with Crippen molar-refractivity contribution in [3.05, 3.63) is 32.7 Å². The van der Waals surface area contributed by atoms with E-state index < -0.39 is 0 Å². The maximum Gasteiger partial charge on any atom is 0.200 e. The number of H-pyrrole nitrogens is 1. The van der Waals surface area contributed by atoms with E-state index >= 15 is 0 Å². The zero-order valence-corrected chi connectivity index (χ0v) is 7.37. The van der Waals surface area contributed by atoms with Gasteiger partial charge in [0.05, 0.1) is 10.4 Å². The molecule has 0 aliphatic rings. The van der Waals surface area contributed by atoms with Gasteiger partial charge in [0.25, 0.3) is 0 Å². The summed E-state index contributed by atoms with van der Waals surface area (Å²) in [6.45, 7) is 0. The molecule has 0 aromatic carbocycles. The van der Waals surface area contributed by atoms with Crippen LogP contribution in [0.4, 0.5) is 0 Å². The Balaban J connectivity index is 3.28. The summed E-state index contributed by atoms with van der Waals surface area (Å²) in [7, 11) is 0. The minimum absolute atomic E-state index is 0.0475. The van der Waals surface area contributed by atoms with Gasteiger partial charge in [-0.2, -0.15) is 0 Å². The molecule has 1 N–H and O–H groups in total. The van der Waals surface area contributed by atoms with Crippen LogP contribution in [0.5, 0.6) is 0 Å². The maximum absolute atomic E-state index is 11.0. The van der Waals surface area contributed by atoms with Crippen LogP contribution in [0.1, 0.15) is 5.56 Å². The summed E-state index contributed by atoms with van der Waals surface area (Å²) in [5.74, 6) is 0.245. The van der Waals surface area contributed by atoms with E-state index in [1.165, 1.54) is 0 Å². The molecule has 0 saturated heterocycles. The SMILES string of the molecule is O=c1c(Br)c[nH]cc1CCl. The van der Waals surface area contributed by atoms with Crippen LogP contribution in [0.2, 0.25) is 0 Å². The third kappa shape index (κ3) is 1.41. The summed E-state index contributed by atoms with van der Waals surface area (Å²) in [6.07, 6.45) is 3.18. The smallest absolute Gasteiger partial charge is 0.200 e. The summed E-state index contributed by atoms with van der Waals surface area (Å²) < 4.78 is 0.519. The van der Waals surface area contributed by atoms with Crippen LogP contribution in [-0.2, 0) is 5.88 Å². The Bertz CT molecular complexity index is 283. The Morgan fingerprint density at radius 1 is 1.60 bits per heavy atom. The Hall–Kier alpha value is -0.280. The van der Waals surface area contributed by atoms with E-state index in [0.29, 0.717) is 10.0 Å². The average Bonchev–Trinajstić information content (AvgIpc) is 1.95. The molecule has 0 aliphatic heterocycles. The topological polar surface area (TPSA) is 32.9 Å². The van der Waals surface area contributed by atoms with Crippen LogP contribution >= 0.6 is 27.5 Å². The summed E-state index contributed by atoms with van der Waals surface area (Å²) in [6, 6.07) is 0. The Morgan fingerprint density at radius 3 is 2.80 bits per heavy atom. The first kappa shape index (κ1) is 7.82. The van der Waals surface area contributed by atoms with Crippen molar-refractivity contribution in [2.24, 2.45) is 0 Å². The highest BCUT2D eigenvalue weighted by atomic mass is 79.9. The highest BCUT2D eigenvalue weighted by Gasteiger charge is 1.99. The third-order valence-corrected chi connectivity index (χ3v) is 2.00. The van der Waals surface area contributed by atoms with Crippen LogP contribution in [0, 0.1) is 0 Å². The molecule has 54 valence electrons. The Kier molecular flexibility index (Phi) is 2.51. The van der Waals surface area contributed by atoms with Crippen LogP contribution in [-0.4, -0.2) is 4.98 Å². The first-order chi connectivity index (χ1) is 4.75. The van der Waals surface area contributed by atoms with Crippen molar-refractivity contribution in [3.8, 4) is 0 Å². The number of aromatic amines is 1. The van der Waals surface area contributed by atoms with Crippen molar-refractivity contribution < 1.29 is 0 Å². The van der Waals surface area contributed by atoms with E-state index in [4.69, 9.17) is 11.6 Å². The van der Waals surface area contributed by atoms with Gasteiger partial charge >= 0.3 is 0 Å². The van der Waals surface area contributed by atoms with Crippen molar-refractivity contribution in [2.75, 3.05) is 0 Å². The van der Waals surface area contributed by atoms with E-state index in [1.54, 1.807) is 12.4 Å². The van der Waals surface area contributed by atoms with Crippen LogP contribution in [0.3, 0.4) is 0 Å². The van der Waals surface area contributed by atoms with Crippen LogP contribution < -0.4 is 5.43 Å². The number of rotatable bonds is 1. The zero-order valence-electron chi connectivity index (χ0n) is 5.03. The molecule has 2 nitrogen and oxygen atoms in total. The van der Waals surface area contributed by atoms with Crippen molar-refractivity contribution in [1.29, 1.82) is 0 Å². The molecule has 1 aromatic heterocycles. The van der Waals surface area contributed by atoms with Gasteiger partial charge in [0, 0.05) is 18.0 Å². The molecule has 0 unspecified atom stereocenters. The molecule has 0 amide bonds. The average molecular weight is 222 g/mol. The summed E-state index contributed by atoms with van der Waals surface area (Å²) in [5, 5.41) is 0.